The predicted octanol–water partition coefficient (Wildman–Crippen LogP) is 6.70. The van der Waals surface area contributed by atoms with E-state index in [4.69, 9.17) is 28.4 Å². The molecule has 0 aromatic heterocycles. The number of nitrogens with one attached hydrogen (secondary N) is 1. The van der Waals surface area contributed by atoms with Crippen LogP contribution in [0.2, 0.25) is 0 Å². The van der Waals surface area contributed by atoms with E-state index in [2.05, 4.69) is 12.2 Å². The second-order valence-corrected chi connectivity index (χ2v) is 18.7. The highest BCUT2D eigenvalue weighted by molar-refractivity contribution is 5.88. The van der Waals surface area contributed by atoms with Gasteiger partial charge in [-0.15, -0.1) is 0 Å². The van der Waals surface area contributed by atoms with E-state index < -0.39 is 89.2 Å². The van der Waals surface area contributed by atoms with Crippen molar-refractivity contribution >= 4 is 35.9 Å². The summed E-state index contributed by atoms with van der Waals surface area (Å²) in [6.45, 7) is 14.9. The van der Waals surface area contributed by atoms with Crippen molar-refractivity contribution in [3.8, 4) is 5.75 Å². The number of aryl methyl sites for hydroxylation is 2. The second-order valence-electron chi connectivity index (χ2n) is 18.7. The summed E-state index contributed by atoms with van der Waals surface area (Å²) in [7, 11) is 0. The highest BCUT2D eigenvalue weighted by atomic mass is 16.6. The fraction of sp³-hybridized carbons (Fsp3) is 0.673. The molecule has 362 valence electrons. The lowest BCUT2D eigenvalue weighted by atomic mass is 9.69. The smallest absolute Gasteiger partial charge is 0.407 e. The maximum Gasteiger partial charge on any atom is 0.407 e. The summed E-state index contributed by atoms with van der Waals surface area (Å²) in [6.07, 6.45) is 0.882. The summed E-state index contributed by atoms with van der Waals surface area (Å²) in [5, 5.41) is 38.0. The Balaban J connectivity index is 1.58. The van der Waals surface area contributed by atoms with Gasteiger partial charge in [0, 0.05) is 44.2 Å². The van der Waals surface area contributed by atoms with Crippen LogP contribution in [0.5, 0.6) is 5.75 Å². The van der Waals surface area contributed by atoms with Crippen molar-refractivity contribution in [3.05, 3.63) is 52.1 Å². The molecule has 2 unspecified atom stereocenters. The number of alkyl carbamates (subject to hydrolysis) is 1. The molecule has 0 radical (unpaired) electrons. The number of amides is 1. The van der Waals surface area contributed by atoms with Crippen molar-refractivity contribution in [2.24, 2.45) is 5.92 Å². The summed E-state index contributed by atoms with van der Waals surface area (Å²) in [4.78, 5) is 78.7. The van der Waals surface area contributed by atoms with Crippen LogP contribution in [0.4, 0.5) is 4.79 Å². The van der Waals surface area contributed by atoms with E-state index in [1.165, 1.54) is 6.92 Å². The van der Waals surface area contributed by atoms with Crippen LogP contribution in [-0.4, -0.2) is 105 Å². The molecule has 1 amide bonds. The van der Waals surface area contributed by atoms with E-state index in [0.717, 1.165) is 45.4 Å². The fourth-order valence-electron chi connectivity index (χ4n) is 8.82. The standard InChI is InChI=1S/C49H71NO15/c1-10-12-13-14-17-20-38(53)62-42-35-27-34(60-31(5)51)28-37(49(59)43(64-45(56)48(49,9)58)40(35)30(4)41(42)63-44(55)29(3)11-2)61-39(54)24-22-32-21-23-36(52)33(26-32)19-16-15-18-25-50-46(57)65-47(6,7)8/h11,21,23,26,34-35,37,41-43,52,58-59H,10,12-20,22,24-25,27-28H2,1-9H3,(H,50,57)/b29-11-/t34-,35+,37?,41?,42-,43-,48+,49+/m0/s1. The zero-order valence-electron chi connectivity index (χ0n) is 39.6. The Bertz CT molecular complexity index is 1950. The van der Waals surface area contributed by atoms with Crippen LogP contribution in [0.1, 0.15) is 150 Å². The van der Waals surface area contributed by atoms with E-state index in [0.29, 0.717) is 36.9 Å². The van der Waals surface area contributed by atoms with Crippen LogP contribution in [0.25, 0.3) is 0 Å². The minimum Gasteiger partial charge on any atom is -0.508 e. The minimum absolute atomic E-state index is 0.0752. The van der Waals surface area contributed by atoms with Crippen molar-refractivity contribution in [1.82, 2.24) is 5.32 Å². The SMILES string of the molecule is C/C=C(/C)C(=O)OC1C(C)=C2[C@@H](C[C@H](OC(C)=O)CC(OC(=O)CCc3ccc(O)c(CCCCCNC(=O)OC(C)(C)C)c3)[C@@]3(O)[C@H]2OC(=O)[C@@]3(C)O)[C@@H]1OC(=O)CCCCCCC. The third-order valence-electron chi connectivity index (χ3n) is 12.4. The van der Waals surface area contributed by atoms with Crippen LogP contribution >= 0.6 is 0 Å². The van der Waals surface area contributed by atoms with Crippen molar-refractivity contribution in [1.29, 1.82) is 0 Å². The average molecular weight is 914 g/mol. The van der Waals surface area contributed by atoms with Crippen molar-refractivity contribution in [3.63, 3.8) is 0 Å². The van der Waals surface area contributed by atoms with E-state index in [9.17, 15) is 44.1 Å². The van der Waals surface area contributed by atoms with Gasteiger partial charge >= 0.3 is 35.9 Å². The number of rotatable bonds is 20. The Labute approximate surface area is 382 Å². The number of hydrogen-bond donors (Lipinski definition) is 4. The van der Waals surface area contributed by atoms with Gasteiger partial charge in [-0.1, -0.05) is 57.2 Å². The molecule has 4 N–H and O–H groups in total. The Hall–Kier alpha value is -4.96. The Morgan fingerprint density at radius 2 is 1.57 bits per heavy atom. The first kappa shape index (κ1) is 52.7. The van der Waals surface area contributed by atoms with Crippen molar-refractivity contribution in [2.45, 2.75) is 200 Å². The topological polar surface area (TPSA) is 231 Å². The summed E-state index contributed by atoms with van der Waals surface area (Å²) >= 11 is 0. The van der Waals surface area contributed by atoms with Gasteiger partial charge in [-0.2, -0.15) is 0 Å². The number of aliphatic hydroxyl groups is 2. The molecule has 2 aliphatic carbocycles. The lowest BCUT2D eigenvalue weighted by Gasteiger charge is -2.44. The number of aromatic hydroxyl groups is 1. The van der Waals surface area contributed by atoms with Crippen LogP contribution < -0.4 is 5.32 Å². The number of esters is 5. The Kier molecular flexibility index (Phi) is 18.6. The summed E-state index contributed by atoms with van der Waals surface area (Å²) < 4.78 is 34.9. The molecule has 0 bridgehead atoms. The third-order valence-corrected chi connectivity index (χ3v) is 12.4. The number of phenolic OH excluding ortho intramolecular Hbond substituents is 1. The van der Waals surface area contributed by atoms with Crippen LogP contribution in [0.3, 0.4) is 0 Å². The van der Waals surface area contributed by atoms with Gasteiger partial charge in [-0.25, -0.2) is 14.4 Å². The van der Waals surface area contributed by atoms with Gasteiger partial charge < -0.3 is 49.1 Å². The molecule has 2 fully saturated rings. The van der Waals surface area contributed by atoms with E-state index in [1.54, 1.807) is 65.8 Å². The molecular formula is C49H71NO15. The fourth-order valence-corrected chi connectivity index (χ4v) is 8.82. The third kappa shape index (κ3) is 13.6. The van der Waals surface area contributed by atoms with Gasteiger partial charge in [0.1, 0.15) is 29.7 Å². The molecule has 1 heterocycles. The van der Waals surface area contributed by atoms with Gasteiger partial charge in [0.05, 0.1) is 0 Å². The number of phenols is 1. The van der Waals surface area contributed by atoms with Gasteiger partial charge in [0.2, 0.25) is 0 Å². The predicted molar refractivity (Wildman–Crippen MR) is 237 cm³/mol. The van der Waals surface area contributed by atoms with Crippen LogP contribution in [0.15, 0.2) is 41.0 Å². The molecule has 1 aromatic rings. The molecule has 0 spiro atoms. The largest absolute Gasteiger partial charge is 0.508 e. The van der Waals surface area contributed by atoms with Crippen LogP contribution in [-0.2, 0) is 65.2 Å². The van der Waals surface area contributed by atoms with Crippen LogP contribution in [0, 0.1) is 5.92 Å². The number of carbonyl (C=O) groups is 6. The van der Waals surface area contributed by atoms with Gasteiger partial charge in [-0.3, -0.25) is 14.4 Å². The molecule has 3 aliphatic rings. The minimum atomic E-state index is -2.67. The number of fused-ring (bicyclic) bond motifs is 3. The van der Waals surface area contributed by atoms with Crippen molar-refractivity contribution in [2.75, 3.05) is 6.54 Å². The lowest BCUT2D eigenvalue weighted by Crippen LogP contribution is -2.66. The second kappa shape index (κ2) is 23.0. The molecule has 1 saturated carbocycles. The monoisotopic (exact) mass is 913 g/mol. The normalized spacial score (nSPS) is 26.5. The molecule has 1 aromatic carbocycles. The zero-order chi connectivity index (χ0) is 48.3. The zero-order valence-corrected chi connectivity index (χ0v) is 39.6. The molecule has 1 saturated heterocycles. The number of hydrogen-bond acceptors (Lipinski definition) is 15. The maximum atomic E-state index is 13.8. The Morgan fingerprint density at radius 3 is 2.23 bits per heavy atom. The number of ether oxygens (including phenoxy) is 6. The summed E-state index contributed by atoms with van der Waals surface area (Å²) in [6, 6.07) is 5.01. The molecule has 1 aliphatic heterocycles. The first-order chi connectivity index (χ1) is 30.5. The highest BCUT2D eigenvalue weighted by Gasteiger charge is 2.73. The molecule has 16 nitrogen and oxygen atoms in total. The average Bonchev–Trinajstić information content (AvgIpc) is 3.56. The quantitative estimate of drug-likeness (QED) is 0.0351. The molecular weight excluding hydrogens is 843 g/mol. The lowest BCUT2D eigenvalue weighted by molar-refractivity contribution is -0.213. The summed E-state index contributed by atoms with van der Waals surface area (Å²) in [5.74, 6) is -4.83. The number of benzene rings is 1. The first-order valence-corrected chi connectivity index (χ1v) is 23.1. The molecule has 8 atom stereocenters. The van der Waals surface area contributed by atoms with E-state index in [-0.39, 0.29) is 54.6 Å². The van der Waals surface area contributed by atoms with Gasteiger partial charge in [-0.05, 0) is 115 Å². The van der Waals surface area contributed by atoms with Gasteiger partial charge in [0.15, 0.2) is 23.4 Å². The number of allylic oxidation sites excluding steroid dienone is 1. The van der Waals surface area contributed by atoms with Crippen molar-refractivity contribution < 1.29 is 72.5 Å². The maximum absolute atomic E-state index is 13.8. The molecule has 4 rings (SSSR count). The molecule has 16 heteroatoms. The number of unbranched alkanes of at least 4 members (excludes halogenated alkanes) is 6. The van der Waals surface area contributed by atoms with E-state index in [1.807, 2.05) is 0 Å². The van der Waals surface area contributed by atoms with Gasteiger partial charge in [0.25, 0.3) is 0 Å². The highest BCUT2D eigenvalue weighted by Crippen LogP contribution is 2.53. The van der Waals surface area contributed by atoms with E-state index >= 15 is 0 Å². The summed E-state index contributed by atoms with van der Waals surface area (Å²) in [5.41, 5.74) is -3.80. The number of carbonyl (C=O) groups excluding carboxylic acids is 6. The Morgan fingerprint density at radius 1 is 0.892 bits per heavy atom. The molecule has 65 heavy (non-hydrogen) atoms. The first-order valence-electron chi connectivity index (χ1n) is 23.1.